The van der Waals surface area contributed by atoms with Gasteiger partial charge in [0.25, 0.3) is 5.91 Å². The lowest BCUT2D eigenvalue weighted by atomic mass is 10.1. The molecule has 6 rings (SSSR count). The van der Waals surface area contributed by atoms with Gasteiger partial charge in [-0.2, -0.15) is 0 Å². The smallest absolute Gasteiger partial charge is 0.267 e. The van der Waals surface area contributed by atoms with E-state index < -0.39 is 0 Å². The highest BCUT2D eigenvalue weighted by molar-refractivity contribution is 8.18. The van der Waals surface area contributed by atoms with Crippen LogP contribution in [0.1, 0.15) is 22.3 Å². The van der Waals surface area contributed by atoms with Crippen molar-refractivity contribution in [2.75, 3.05) is 0 Å². The van der Waals surface area contributed by atoms with Crippen LogP contribution in [0.15, 0.2) is 119 Å². The van der Waals surface area contributed by atoms with Gasteiger partial charge in [0.05, 0.1) is 17.1 Å². The molecule has 0 spiro atoms. The molecular weight excluding hydrogens is 522 g/mol. The number of aromatic nitrogens is 1. The molecule has 0 saturated carbocycles. The number of amidine groups is 1. The van der Waals surface area contributed by atoms with Gasteiger partial charge in [-0.15, -0.1) is 0 Å². The van der Waals surface area contributed by atoms with Crippen LogP contribution in [0.3, 0.4) is 0 Å². The van der Waals surface area contributed by atoms with Gasteiger partial charge in [0.15, 0.2) is 5.17 Å². The second kappa shape index (κ2) is 11.0. The molecule has 4 nitrogen and oxygen atoms in total. The zero-order valence-electron chi connectivity index (χ0n) is 21.4. The molecule has 0 unspecified atom stereocenters. The van der Waals surface area contributed by atoms with E-state index in [1.54, 1.807) is 4.90 Å². The number of aryl methyl sites for hydroxylation is 1. The summed E-state index contributed by atoms with van der Waals surface area (Å²) in [5.74, 6) is -0.0377. The minimum Gasteiger partial charge on any atom is -0.342 e. The molecule has 1 aromatic heterocycles. The van der Waals surface area contributed by atoms with E-state index in [1.807, 2.05) is 97.1 Å². The first-order valence-electron chi connectivity index (χ1n) is 12.8. The van der Waals surface area contributed by atoms with Crippen LogP contribution < -0.4 is 0 Å². The fourth-order valence-electron chi connectivity index (χ4n) is 4.68. The molecule has 0 radical (unpaired) electrons. The van der Waals surface area contributed by atoms with Crippen molar-refractivity contribution in [1.82, 2.24) is 9.47 Å². The normalized spacial score (nSPS) is 15.6. The maximum absolute atomic E-state index is 13.8. The van der Waals surface area contributed by atoms with Crippen LogP contribution in [0, 0.1) is 6.92 Å². The number of halogens is 1. The van der Waals surface area contributed by atoms with Crippen molar-refractivity contribution in [3.8, 4) is 0 Å². The molecule has 6 heteroatoms. The average molecular weight is 548 g/mol. The fourth-order valence-corrected chi connectivity index (χ4v) is 5.79. The van der Waals surface area contributed by atoms with E-state index in [0.717, 1.165) is 38.3 Å². The van der Waals surface area contributed by atoms with Gasteiger partial charge in [-0.25, -0.2) is 4.99 Å². The summed E-state index contributed by atoms with van der Waals surface area (Å²) in [7, 11) is 0. The van der Waals surface area contributed by atoms with Gasteiger partial charge in [-0.1, -0.05) is 90.0 Å². The first kappa shape index (κ1) is 25.2. The average Bonchev–Trinajstić information content (AvgIpc) is 3.44. The summed E-state index contributed by atoms with van der Waals surface area (Å²) in [6.45, 7) is 3.23. The van der Waals surface area contributed by atoms with Crippen molar-refractivity contribution in [3.63, 3.8) is 0 Å². The Morgan fingerprint density at radius 3 is 2.28 bits per heavy atom. The third kappa shape index (κ3) is 5.56. The number of hydrogen-bond acceptors (Lipinski definition) is 3. The highest BCUT2D eigenvalue weighted by Gasteiger charge is 2.33. The standard InChI is InChI=1S/C33H26ClN3OS/c1-23-11-17-28(18-12-23)35-33-37(21-24-7-3-2-4-8-24)32(38)31(39-33)19-26-22-36(30-10-6-5-9-29(26)30)20-25-13-15-27(34)16-14-25/h2-19,22H,20-21H2,1H3/b31-19+,35-33?. The Kier molecular flexibility index (Phi) is 7.10. The number of amides is 1. The van der Waals surface area contributed by atoms with Crippen molar-refractivity contribution in [1.29, 1.82) is 0 Å². The number of hydrogen-bond donors (Lipinski definition) is 0. The van der Waals surface area contributed by atoms with Crippen LogP contribution >= 0.6 is 23.4 Å². The van der Waals surface area contributed by atoms with Crippen molar-refractivity contribution < 1.29 is 4.79 Å². The molecule has 1 saturated heterocycles. The molecule has 1 amide bonds. The van der Waals surface area contributed by atoms with Gasteiger partial charge in [-0.05, 0) is 66.2 Å². The Balaban J connectivity index is 1.38. The van der Waals surface area contributed by atoms with Crippen LogP contribution in [0.2, 0.25) is 5.02 Å². The third-order valence-corrected chi connectivity index (χ3v) is 7.96. The quantitative estimate of drug-likeness (QED) is 0.200. The Hall–Kier alpha value is -4.06. The fraction of sp³-hybridized carbons (Fsp3) is 0.0909. The van der Waals surface area contributed by atoms with Gasteiger partial charge in [0.1, 0.15) is 0 Å². The number of para-hydroxylation sites is 1. The van der Waals surface area contributed by atoms with E-state index in [2.05, 4.69) is 29.8 Å². The number of nitrogens with zero attached hydrogens (tertiary/aromatic N) is 3. The van der Waals surface area contributed by atoms with Crippen LogP contribution in [0.25, 0.3) is 17.0 Å². The number of fused-ring (bicyclic) bond motifs is 1. The first-order chi connectivity index (χ1) is 19.0. The molecule has 1 aliphatic rings. The van der Waals surface area contributed by atoms with Gasteiger partial charge in [0.2, 0.25) is 0 Å². The Bertz CT molecular complexity index is 1700. The number of rotatable bonds is 6. The molecule has 0 aliphatic carbocycles. The summed E-state index contributed by atoms with van der Waals surface area (Å²) >= 11 is 7.52. The lowest BCUT2D eigenvalue weighted by Crippen LogP contribution is -2.28. The molecule has 39 heavy (non-hydrogen) atoms. The zero-order valence-corrected chi connectivity index (χ0v) is 23.0. The first-order valence-corrected chi connectivity index (χ1v) is 14.0. The van der Waals surface area contributed by atoms with Gasteiger partial charge < -0.3 is 4.57 Å². The molecule has 1 aliphatic heterocycles. The zero-order chi connectivity index (χ0) is 26.8. The van der Waals surface area contributed by atoms with E-state index in [9.17, 15) is 4.79 Å². The predicted octanol–water partition coefficient (Wildman–Crippen LogP) is 8.46. The summed E-state index contributed by atoms with van der Waals surface area (Å²) in [6.07, 6.45) is 4.13. The number of aliphatic imine (C=N–C) groups is 1. The SMILES string of the molecule is Cc1ccc(N=C2S/C(=C/c3cn(Cc4ccc(Cl)cc4)c4ccccc34)C(=O)N2Cc2ccccc2)cc1. The van der Waals surface area contributed by atoms with Crippen molar-refractivity contribution >= 4 is 57.1 Å². The lowest BCUT2D eigenvalue weighted by molar-refractivity contribution is -0.122. The van der Waals surface area contributed by atoms with Crippen LogP contribution in [-0.2, 0) is 17.9 Å². The van der Waals surface area contributed by atoms with E-state index in [-0.39, 0.29) is 5.91 Å². The maximum atomic E-state index is 13.8. The minimum absolute atomic E-state index is 0.0377. The van der Waals surface area contributed by atoms with Crippen LogP contribution in [0.5, 0.6) is 0 Å². The Morgan fingerprint density at radius 1 is 0.821 bits per heavy atom. The minimum atomic E-state index is -0.0377. The summed E-state index contributed by atoms with van der Waals surface area (Å²) in [4.78, 5) is 21.1. The Morgan fingerprint density at radius 2 is 1.51 bits per heavy atom. The molecule has 192 valence electrons. The predicted molar refractivity (Wildman–Crippen MR) is 163 cm³/mol. The highest BCUT2D eigenvalue weighted by atomic mass is 35.5. The molecule has 4 aromatic carbocycles. The molecule has 0 bridgehead atoms. The molecule has 0 atom stereocenters. The molecule has 2 heterocycles. The van der Waals surface area contributed by atoms with Crippen molar-refractivity contribution in [3.05, 3.63) is 142 Å². The topological polar surface area (TPSA) is 37.6 Å². The molecule has 5 aromatic rings. The number of thioether (sulfide) groups is 1. The monoisotopic (exact) mass is 547 g/mol. The molecular formula is C33H26ClN3OS. The van der Waals surface area contributed by atoms with Crippen LogP contribution in [0.4, 0.5) is 5.69 Å². The highest BCUT2D eigenvalue weighted by Crippen LogP contribution is 2.36. The second-order valence-corrected chi connectivity index (χ2v) is 11.0. The second-order valence-electron chi connectivity index (χ2n) is 9.57. The molecule has 1 fully saturated rings. The summed E-state index contributed by atoms with van der Waals surface area (Å²) in [6, 6.07) is 34.3. The van der Waals surface area contributed by atoms with Crippen molar-refractivity contribution in [2.45, 2.75) is 20.0 Å². The largest absolute Gasteiger partial charge is 0.342 e. The number of carbonyl (C=O) groups excluding carboxylic acids is 1. The van der Waals surface area contributed by atoms with Crippen LogP contribution in [-0.4, -0.2) is 20.5 Å². The maximum Gasteiger partial charge on any atom is 0.267 e. The molecule has 0 N–H and O–H groups in total. The third-order valence-electron chi connectivity index (χ3n) is 6.70. The summed E-state index contributed by atoms with van der Waals surface area (Å²) in [5.41, 5.74) is 6.34. The van der Waals surface area contributed by atoms with E-state index in [1.165, 1.54) is 17.3 Å². The van der Waals surface area contributed by atoms with Crippen molar-refractivity contribution in [2.24, 2.45) is 4.99 Å². The van der Waals surface area contributed by atoms with E-state index in [4.69, 9.17) is 16.6 Å². The number of benzene rings is 4. The number of carbonyl (C=O) groups is 1. The summed E-state index contributed by atoms with van der Waals surface area (Å²) < 4.78 is 2.22. The van der Waals surface area contributed by atoms with Gasteiger partial charge in [-0.3, -0.25) is 9.69 Å². The summed E-state index contributed by atoms with van der Waals surface area (Å²) in [5, 5.41) is 2.51. The van der Waals surface area contributed by atoms with Gasteiger partial charge >= 0.3 is 0 Å². The van der Waals surface area contributed by atoms with Gasteiger partial charge in [0, 0.05) is 34.2 Å². The lowest BCUT2D eigenvalue weighted by Gasteiger charge is -2.15. The van der Waals surface area contributed by atoms with E-state index in [0.29, 0.717) is 23.2 Å². The Labute approximate surface area is 237 Å². The van der Waals surface area contributed by atoms with E-state index >= 15 is 0 Å².